The number of methoxy groups -OCH3 is 2. The molecule has 4 aliphatic heterocycles. The summed E-state index contributed by atoms with van der Waals surface area (Å²) in [5, 5.41) is 81.3. The zero-order chi connectivity index (χ0) is 35.0. The summed E-state index contributed by atoms with van der Waals surface area (Å²) in [6.45, 7) is -0.571. The van der Waals surface area contributed by atoms with Crippen LogP contribution in [-0.2, 0) is 28.6 Å². The first-order valence-corrected chi connectivity index (χ1v) is 15.8. The summed E-state index contributed by atoms with van der Waals surface area (Å²) in [6.07, 6.45) is -16.9. The number of phenols is 1. The van der Waals surface area contributed by atoms with Gasteiger partial charge in [0, 0.05) is 11.8 Å². The van der Waals surface area contributed by atoms with Crippen LogP contribution in [0.3, 0.4) is 0 Å². The molecular weight excluding hydrogens is 656 g/mol. The Morgan fingerprint density at radius 2 is 1.20 bits per heavy atom. The molecule has 0 aromatic heterocycles. The molecule has 0 spiro atoms. The number of benzene rings is 2. The zero-order valence-corrected chi connectivity index (χ0v) is 26.6. The molecule has 14 atom stereocenters. The van der Waals surface area contributed by atoms with Gasteiger partial charge < -0.3 is 78.9 Å². The molecule has 272 valence electrons. The zero-order valence-electron chi connectivity index (χ0n) is 26.6. The van der Waals surface area contributed by atoms with E-state index in [-0.39, 0.29) is 41.3 Å². The molecule has 4 fully saturated rings. The van der Waals surface area contributed by atoms with Gasteiger partial charge in [0.1, 0.15) is 48.8 Å². The maximum Gasteiger partial charge on any atom is 0.232 e. The van der Waals surface area contributed by atoms with Gasteiger partial charge in [-0.25, -0.2) is 0 Å². The summed E-state index contributed by atoms with van der Waals surface area (Å²) in [5.41, 5.74) is 1.64. The van der Waals surface area contributed by atoms with Crippen molar-refractivity contribution in [2.75, 3.05) is 40.6 Å². The molecule has 4 heterocycles. The lowest BCUT2D eigenvalue weighted by molar-refractivity contribution is -0.414. The molecule has 8 N–H and O–H groups in total. The maximum atomic E-state index is 10.9. The van der Waals surface area contributed by atoms with E-state index in [2.05, 4.69) is 0 Å². The third-order valence-corrected chi connectivity index (χ3v) is 9.51. The number of aliphatic hydroxyl groups is 7. The normalized spacial score (nSPS) is 39.0. The molecule has 0 amide bonds. The number of rotatable bonds is 11. The molecule has 49 heavy (non-hydrogen) atoms. The highest BCUT2D eigenvalue weighted by molar-refractivity contribution is 5.45. The molecule has 0 saturated carbocycles. The fourth-order valence-corrected chi connectivity index (χ4v) is 6.75. The first-order valence-electron chi connectivity index (χ1n) is 15.8. The van der Waals surface area contributed by atoms with Gasteiger partial charge in [0.2, 0.25) is 12.0 Å². The second-order valence-electron chi connectivity index (χ2n) is 12.4. The molecule has 0 unspecified atom stereocenters. The summed E-state index contributed by atoms with van der Waals surface area (Å²) < 4.78 is 39.8. The highest BCUT2D eigenvalue weighted by Gasteiger charge is 2.52. The van der Waals surface area contributed by atoms with Crippen molar-refractivity contribution in [1.82, 2.24) is 0 Å². The molecule has 4 aliphatic rings. The number of phenolic OH excluding ortho intramolecular Hbond substituents is 1. The Morgan fingerprint density at radius 3 is 1.80 bits per heavy atom. The van der Waals surface area contributed by atoms with Gasteiger partial charge in [-0.2, -0.15) is 4.89 Å². The fourth-order valence-electron chi connectivity index (χ4n) is 6.75. The van der Waals surface area contributed by atoms with Crippen LogP contribution in [0.15, 0.2) is 36.4 Å². The van der Waals surface area contributed by atoms with Gasteiger partial charge in [-0.15, -0.1) is 0 Å². The van der Waals surface area contributed by atoms with E-state index in [4.69, 9.17) is 42.9 Å². The highest BCUT2D eigenvalue weighted by Crippen LogP contribution is 2.51. The molecule has 6 rings (SSSR count). The van der Waals surface area contributed by atoms with Crippen molar-refractivity contribution in [3.63, 3.8) is 0 Å². The maximum absolute atomic E-state index is 10.9. The van der Waals surface area contributed by atoms with E-state index >= 15 is 0 Å². The van der Waals surface area contributed by atoms with Gasteiger partial charge in [0.15, 0.2) is 23.5 Å². The monoisotopic (exact) mass is 698 g/mol. The van der Waals surface area contributed by atoms with Gasteiger partial charge in [-0.1, -0.05) is 12.1 Å². The van der Waals surface area contributed by atoms with Crippen molar-refractivity contribution >= 4 is 0 Å². The van der Waals surface area contributed by atoms with Crippen LogP contribution in [0.5, 0.6) is 23.0 Å². The van der Waals surface area contributed by atoms with E-state index in [9.17, 15) is 40.9 Å². The summed E-state index contributed by atoms with van der Waals surface area (Å²) in [5.74, 6) is 0.754. The molecule has 0 radical (unpaired) electrons. The number of aliphatic hydroxyl groups excluding tert-OH is 7. The average molecular weight is 699 g/mol. The Kier molecular flexibility index (Phi) is 11.1. The SMILES string of the molecule is COc1cc([C@H]2OC[C@H]3[C@@H]2CO[C@@H]3c2ccc(OO[C@@H]3O[C@H](CO)[C@@H](O)[C@H](O)[C@H]3O[C@@H]3O[C@H](CO)[C@@H](O)[C@H](O)[C@H]3O)c(OC)c2)ccc1O. The van der Waals surface area contributed by atoms with E-state index in [1.807, 2.05) is 0 Å². The van der Waals surface area contributed by atoms with Crippen molar-refractivity contribution in [1.29, 1.82) is 0 Å². The van der Waals surface area contributed by atoms with Gasteiger partial charge in [0.05, 0.1) is 52.9 Å². The molecular formula is C32H42O17. The third-order valence-electron chi connectivity index (χ3n) is 9.51. The van der Waals surface area contributed by atoms with Crippen LogP contribution in [0.25, 0.3) is 0 Å². The predicted octanol–water partition coefficient (Wildman–Crippen LogP) is -1.58. The van der Waals surface area contributed by atoms with Crippen molar-refractivity contribution in [3.05, 3.63) is 47.5 Å². The van der Waals surface area contributed by atoms with Crippen molar-refractivity contribution in [3.8, 4) is 23.0 Å². The van der Waals surface area contributed by atoms with Crippen molar-refractivity contribution < 1.29 is 83.8 Å². The molecule has 0 bridgehead atoms. The van der Waals surface area contributed by atoms with E-state index in [1.54, 1.807) is 36.4 Å². The lowest BCUT2D eigenvalue weighted by Crippen LogP contribution is -2.64. The average Bonchev–Trinajstić information content (AvgIpc) is 3.73. The first kappa shape index (κ1) is 35.9. The lowest BCUT2D eigenvalue weighted by atomic mass is 9.85. The summed E-state index contributed by atoms with van der Waals surface area (Å²) in [6, 6.07) is 10.1. The first-order chi connectivity index (χ1) is 23.6. The van der Waals surface area contributed by atoms with Crippen LogP contribution in [0, 0.1) is 11.8 Å². The molecule has 17 heteroatoms. The van der Waals surface area contributed by atoms with Gasteiger partial charge in [-0.3, -0.25) is 0 Å². The number of hydrogen-bond donors (Lipinski definition) is 8. The van der Waals surface area contributed by atoms with Crippen LogP contribution < -0.4 is 14.4 Å². The van der Waals surface area contributed by atoms with Gasteiger partial charge in [-0.05, 0) is 35.4 Å². The minimum Gasteiger partial charge on any atom is -0.504 e. The van der Waals surface area contributed by atoms with Gasteiger partial charge in [0.25, 0.3) is 0 Å². The Bertz CT molecular complexity index is 1410. The quantitative estimate of drug-likeness (QED) is 0.0975. The summed E-state index contributed by atoms with van der Waals surface area (Å²) in [7, 11) is 2.90. The Hall–Kier alpha value is -2.88. The lowest BCUT2D eigenvalue weighted by Gasteiger charge is -2.45. The Balaban J connectivity index is 1.15. The largest absolute Gasteiger partial charge is 0.504 e. The van der Waals surface area contributed by atoms with E-state index < -0.39 is 74.6 Å². The molecule has 17 nitrogen and oxygen atoms in total. The van der Waals surface area contributed by atoms with Crippen LogP contribution >= 0.6 is 0 Å². The number of fused-ring (bicyclic) bond motifs is 1. The molecule has 2 aromatic carbocycles. The van der Waals surface area contributed by atoms with Crippen LogP contribution in [0.1, 0.15) is 23.3 Å². The predicted molar refractivity (Wildman–Crippen MR) is 160 cm³/mol. The summed E-state index contributed by atoms with van der Waals surface area (Å²) in [4.78, 5) is 11.0. The second-order valence-corrected chi connectivity index (χ2v) is 12.4. The van der Waals surface area contributed by atoms with E-state index in [0.717, 1.165) is 11.1 Å². The van der Waals surface area contributed by atoms with Crippen LogP contribution in [0.2, 0.25) is 0 Å². The molecule has 0 aliphatic carbocycles. The Labute approximate surface area is 280 Å². The van der Waals surface area contributed by atoms with Crippen LogP contribution in [0.4, 0.5) is 0 Å². The topological polar surface area (TPSA) is 245 Å². The minimum atomic E-state index is -1.83. The van der Waals surface area contributed by atoms with Crippen molar-refractivity contribution in [2.45, 2.75) is 73.6 Å². The molecule has 2 aromatic rings. The summed E-state index contributed by atoms with van der Waals surface area (Å²) >= 11 is 0. The minimum absolute atomic E-state index is 0.0109. The van der Waals surface area contributed by atoms with Crippen molar-refractivity contribution in [2.24, 2.45) is 11.8 Å². The second kappa shape index (κ2) is 15.2. The fraction of sp³-hybridized carbons (Fsp3) is 0.625. The Morgan fingerprint density at radius 1 is 0.653 bits per heavy atom. The number of aromatic hydroxyl groups is 1. The van der Waals surface area contributed by atoms with E-state index in [0.29, 0.717) is 19.0 Å². The standard InChI is InChI=1S/C32H42O17/c1-41-19-7-13(3-5-17(19)35)28-15-11-44-29(16(15)12-43-28)14-4-6-18(20(8-14)42-2)48-49-32-30(26(39)24(37)22(10-34)46-32)47-31-27(40)25(38)23(36)21(9-33)45-31/h3-8,15-16,21-40H,9-12H2,1-2H3/t15-,16-,21+,22+,23+,24+,25-,26-,27+,28+,29+,30+,31-,32-/m0/s1. The third kappa shape index (κ3) is 6.92. The highest BCUT2D eigenvalue weighted by atomic mass is 17.2. The van der Waals surface area contributed by atoms with Crippen LogP contribution in [-0.4, -0.2) is 143 Å². The number of ether oxygens (including phenoxy) is 7. The van der Waals surface area contributed by atoms with Gasteiger partial charge >= 0.3 is 0 Å². The number of hydrogen-bond acceptors (Lipinski definition) is 17. The molecule has 4 saturated heterocycles. The van der Waals surface area contributed by atoms with E-state index in [1.165, 1.54) is 14.2 Å². The smallest absolute Gasteiger partial charge is 0.232 e.